The molecule has 2 aliphatic rings. The maximum absolute atomic E-state index is 13.4. The fourth-order valence-electron chi connectivity index (χ4n) is 2.10. The van der Waals surface area contributed by atoms with E-state index >= 15 is 0 Å². The van der Waals surface area contributed by atoms with Crippen LogP contribution < -0.4 is 10.6 Å². The normalized spacial score (nSPS) is 24.7. The van der Waals surface area contributed by atoms with Crippen molar-refractivity contribution < 1.29 is 14.0 Å². The number of para-hydroxylation sites is 1. The number of carbonyl (C=O) groups is 2. The lowest BCUT2D eigenvalue weighted by molar-refractivity contribution is -0.125. The molecule has 5 heteroatoms. The molecule has 1 aromatic rings. The number of halogens is 1. The van der Waals surface area contributed by atoms with Crippen LogP contribution in [-0.2, 0) is 9.59 Å². The molecule has 0 saturated heterocycles. The van der Waals surface area contributed by atoms with Crippen molar-refractivity contribution in [2.45, 2.75) is 25.3 Å². The van der Waals surface area contributed by atoms with E-state index in [-0.39, 0.29) is 29.3 Å². The third-order valence-electron chi connectivity index (χ3n) is 3.52. The Morgan fingerprint density at radius 1 is 1.11 bits per heavy atom. The molecule has 0 radical (unpaired) electrons. The third kappa shape index (κ3) is 2.75. The third-order valence-corrected chi connectivity index (χ3v) is 3.52. The molecule has 0 aromatic heterocycles. The first kappa shape index (κ1) is 12.1. The summed E-state index contributed by atoms with van der Waals surface area (Å²) in [6.07, 6.45) is 2.62. The number of hydrogen-bond donors (Lipinski definition) is 2. The maximum atomic E-state index is 13.4. The summed E-state index contributed by atoms with van der Waals surface area (Å²) in [5.74, 6) is -1.35. The van der Waals surface area contributed by atoms with Gasteiger partial charge in [-0.1, -0.05) is 12.1 Å². The Balaban J connectivity index is 1.54. The van der Waals surface area contributed by atoms with Gasteiger partial charge in [-0.2, -0.15) is 0 Å². The molecule has 2 atom stereocenters. The van der Waals surface area contributed by atoms with E-state index in [1.807, 2.05) is 0 Å². The van der Waals surface area contributed by atoms with E-state index < -0.39 is 5.82 Å². The van der Waals surface area contributed by atoms with Crippen molar-refractivity contribution in [3.05, 3.63) is 30.1 Å². The summed E-state index contributed by atoms with van der Waals surface area (Å²) < 4.78 is 13.4. The summed E-state index contributed by atoms with van der Waals surface area (Å²) in [6, 6.07) is 6.33. The molecule has 2 N–H and O–H groups in total. The van der Waals surface area contributed by atoms with Crippen molar-refractivity contribution in [3.63, 3.8) is 0 Å². The predicted molar refractivity (Wildman–Crippen MR) is 67.8 cm³/mol. The molecular formula is C14H15FN2O2. The molecule has 19 heavy (non-hydrogen) atoms. The highest BCUT2D eigenvalue weighted by atomic mass is 19.1. The molecular weight excluding hydrogens is 247 g/mol. The van der Waals surface area contributed by atoms with E-state index in [0.29, 0.717) is 12.5 Å². The molecule has 2 unspecified atom stereocenters. The minimum absolute atomic E-state index is 0.0452. The molecule has 0 heterocycles. The van der Waals surface area contributed by atoms with Gasteiger partial charge >= 0.3 is 0 Å². The van der Waals surface area contributed by atoms with Gasteiger partial charge in [-0.05, 0) is 31.4 Å². The van der Waals surface area contributed by atoms with Gasteiger partial charge in [0.05, 0.1) is 17.5 Å². The van der Waals surface area contributed by atoms with Gasteiger partial charge < -0.3 is 10.6 Å². The van der Waals surface area contributed by atoms with Crippen LogP contribution in [0, 0.1) is 17.7 Å². The zero-order valence-electron chi connectivity index (χ0n) is 10.4. The number of carbonyl (C=O) groups excluding carboxylic acids is 2. The van der Waals surface area contributed by atoms with Crippen LogP contribution >= 0.6 is 0 Å². The lowest BCUT2D eigenvalue weighted by atomic mass is 10.2. The number of anilines is 1. The average molecular weight is 262 g/mol. The van der Waals surface area contributed by atoms with Crippen LogP contribution in [0.25, 0.3) is 0 Å². The largest absolute Gasteiger partial charge is 0.353 e. The van der Waals surface area contributed by atoms with Gasteiger partial charge in [0.25, 0.3) is 0 Å². The average Bonchev–Trinajstić information content (AvgIpc) is 3.25. The molecule has 3 rings (SSSR count). The second kappa shape index (κ2) is 4.64. The fraction of sp³-hybridized carbons (Fsp3) is 0.429. The minimum atomic E-state index is -0.463. The van der Waals surface area contributed by atoms with E-state index in [2.05, 4.69) is 10.6 Å². The predicted octanol–water partition coefficient (Wildman–Crippen LogP) is 1.68. The highest BCUT2D eigenvalue weighted by Gasteiger charge is 2.48. The Morgan fingerprint density at radius 3 is 2.47 bits per heavy atom. The molecule has 4 nitrogen and oxygen atoms in total. The van der Waals surface area contributed by atoms with Gasteiger partial charge in [0.2, 0.25) is 11.8 Å². The van der Waals surface area contributed by atoms with Crippen molar-refractivity contribution in [2.75, 3.05) is 5.32 Å². The number of rotatable bonds is 4. The Bertz CT molecular complexity index is 528. The monoisotopic (exact) mass is 262 g/mol. The van der Waals surface area contributed by atoms with Crippen molar-refractivity contribution >= 4 is 17.5 Å². The summed E-state index contributed by atoms with van der Waals surface area (Å²) in [7, 11) is 0. The fourth-order valence-corrected chi connectivity index (χ4v) is 2.10. The van der Waals surface area contributed by atoms with E-state index in [9.17, 15) is 14.0 Å². The van der Waals surface area contributed by atoms with Gasteiger partial charge in [-0.15, -0.1) is 0 Å². The summed E-state index contributed by atoms with van der Waals surface area (Å²) >= 11 is 0. The molecule has 100 valence electrons. The summed E-state index contributed by atoms with van der Waals surface area (Å²) in [6.45, 7) is 0. The van der Waals surface area contributed by atoms with E-state index in [4.69, 9.17) is 0 Å². The number of nitrogens with one attached hydrogen (secondary N) is 2. The Morgan fingerprint density at radius 2 is 1.79 bits per heavy atom. The SMILES string of the molecule is O=C(Nc1ccccc1F)C1CC1C(=O)NC1CC1. The van der Waals surface area contributed by atoms with Crippen molar-refractivity contribution in [1.82, 2.24) is 5.32 Å². The zero-order chi connectivity index (χ0) is 13.4. The minimum Gasteiger partial charge on any atom is -0.353 e. The van der Waals surface area contributed by atoms with Crippen molar-refractivity contribution in [3.8, 4) is 0 Å². The van der Waals surface area contributed by atoms with Crippen LogP contribution in [-0.4, -0.2) is 17.9 Å². The standard InChI is InChI=1S/C14H15FN2O2/c15-11-3-1-2-4-12(11)17-14(19)10-7-9(10)13(18)16-8-5-6-8/h1-4,8-10H,5-7H2,(H,16,18)(H,17,19). The molecule has 0 aliphatic heterocycles. The number of benzene rings is 1. The first-order valence-electron chi connectivity index (χ1n) is 6.51. The van der Waals surface area contributed by atoms with E-state index in [1.54, 1.807) is 12.1 Å². The summed E-state index contributed by atoms with van der Waals surface area (Å²) in [4.78, 5) is 23.6. The lowest BCUT2D eigenvalue weighted by Gasteiger charge is -2.06. The molecule has 2 aliphatic carbocycles. The quantitative estimate of drug-likeness (QED) is 0.867. The van der Waals surface area contributed by atoms with Crippen LogP contribution in [0.3, 0.4) is 0 Å². The maximum Gasteiger partial charge on any atom is 0.228 e. The Labute approximate surface area is 110 Å². The highest BCUT2D eigenvalue weighted by molar-refractivity contribution is 5.99. The second-order valence-corrected chi connectivity index (χ2v) is 5.20. The van der Waals surface area contributed by atoms with Crippen LogP contribution in [0.1, 0.15) is 19.3 Å². The number of hydrogen-bond acceptors (Lipinski definition) is 2. The smallest absolute Gasteiger partial charge is 0.228 e. The van der Waals surface area contributed by atoms with Gasteiger partial charge in [0, 0.05) is 6.04 Å². The summed E-state index contributed by atoms with van der Waals surface area (Å²) in [5.41, 5.74) is 0.167. The van der Waals surface area contributed by atoms with E-state index in [1.165, 1.54) is 12.1 Å². The van der Waals surface area contributed by atoms with E-state index in [0.717, 1.165) is 12.8 Å². The van der Waals surface area contributed by atoms with Crippen LogP contribution in [0.2, 0.25) is 0 Å². The highest BCUT2D eigenvalue weighted by Crippen LogP contribution is 2.40. The second-order valence-electron chi connectivity index (χ2n) is 5.20. The van der Waals surface area contributed by atoms with Crippen molar-refractivity contribution in [2.24, 2.45) is 11.8 Å². The molecule has 2 saturated carbocycles. The number of amides is 2. The molecule has 0 spiro atoms. The van der Waals surface area contributed by atoms with Gasteiger partial charge in [-0.25, -0.2) is 4.39 Å². The molecule has 1 aromatic carbocycles. The zero-order valence-corrected chi connectivity index (χ0v) is 10.4. The van der Waals surface area contributed by atoms with Gasteiger partial charge in [0.15, 0.2) is 0 Å². The lowest BCUT2D eigenvalue weighted by Crippen LogP contribution is -2.29. The van der Waals surface area contributed by atoms with Crippen LogP contribution in [0.15, 0.2) is 24.3 Å². The topological polar surface area (TPSA) is 58.2 Å². The van der Waals surface area contributed by atoms with Crippen molar-refractivity contribution in [1.29, 1.82) is 0 Å². The molecule has 2 amide bonds. The van der Waals surface area contributed by atoms with Gasteiger partial charge in [-0.3, -0.25) is 9.59 Å². The molecule has 0 bridgehead atoms. The van der Waals surface area contributed by atoms with Gasteiger partial charge in [0.1, 0.15) is 5.82 Å². The summed E-state index contributed by atoms with van der Waals surface area (Å²) in [5, 5.41) is 5.41. The first-order valence-corrected chi connectivity index (χ1v) is 6.51. The Hall–Kier alpha value is -1.91. The Kier molecular flexibility index (Phi) is 2.97. The van der Waals surface area contributed by atoms with Crippen LogP contribution in [0.5, 0.6) is 0 Å². The first-order chi connectivity index (χ1) is 9.15. The van der Waals surface area contributed by atoms with Crippen LogP contribution in [0.4, 0.5) is 10.1 Å². The molecule has 2 fully saturated rings.